The summed E-state index contributed by atoms with van der Waals surface area (Å²) in [5.74, 6) is 1.41. The van der Waals surface area contributed by atoms with Crippen molar-refractivity contribution in [1.29, 1.82) is 0 Å². The van der Waals surface area contributed by atoms with Crippen LogP contribution >= 0.6 is 0 Å². The standard InChI is InChI=1S/C28H30O7/c1-28(27(29)30-2)33-19-22(20-34-28)18-21-8-10-23(11-9-21)31-16-17-32-24-12-14-26(15-13-24)35-25-6-4-3-5-7-25/h3-15,22H,16-20H2,1-2H3/t22-,28+. The molecular weight excluding hydrogens is 448 g/mol. The van der Waals surface area contributed by atoms with Crippen LogP contribution in [0.25, 0.3) is 0 Å². The van der Waals surface area contributed by atoms with Crippen LogP contribution in [0.3, 0.4) is 0 Å². The SMILES string of the molecule is COC(=O)[C@]1(C)OC[C@H](Cc2ccc(OCCOc3ccc(Oc4ccccc4)cc3)cc2)CO1. The molecule has 184 valence electrons. The van der Waals surface area contributed by atoms with Gasteiger partial charge in [-0.2, -0.15) is 0 Å². The molecule has 0 aliphatic carbocycles. The molecule has 1 aliphatic rings. The van der Waals surface area contributed by atoms with Crippen LogP contribution in [0, 0.1) is 5.92 Å². The second-order valence-corrected chi connectivity index (χ2v) is 8.36. The van der Waals surface area contributed by atoms with Crippen LogP contribution in [0.1, 0.15) is 12.5 Å². The molecule has 4 rings (SSSR count). The van der Waals surface area contributed by atoms with E-state index in [-0.39, 0.29) is 5.92 Å². The molecule has 0 atom stereocenters. The number of ether oxygens (including phenoxy) is 6. The Bertz CT molecular complexity index is 1060. The third-order valence-corrected chi connectivity index (χ3v) is 5.62. The summed E-state index contributed by atoms with van der Waals surface area (Å²) in [5, 5.41) is 0. The highest BCUT2D eigenvalue weighted by atomic mass is 16.7. The first kappa shape index (κ1) is 24.6. The summed E-state index contributed by atoms with van der Waals surface area (Å²) in [6, 6.07) is 25.1. The molecule has 0 N–H and O–H groups in total. The summed E-state index contributed by atoms with van der Waals surface area (Å²) in [6.07, 6.45) is 0.782. The summed E-state index contributed by atoms with van der Waals surface area (Å²) < 4.78 is 33.3. The first-order chi connectivity index (χ1) is 17.0. The second kappa shape index (κ2) is 11.7. The minimum atomic E-state index is -1.32. The van der Waals surface area contributed by atoms with E-state index < -0.39 is 11.8 Å². The molecule has 1 heterocycles. The molecule has 1 fully saturated rings. The van der Waals surface area contributed by atoms with Crippen molar-refractivity contribution >= 4 is 5.97 Å². The minimum Gasteiger partial charge on any atom is -0.490 e. The maximum Gasteiger partial charge on any atom is 0.366 e. The molecule has 0 bridgehead atoms. The molecule has 0 radical (unpaired) electrons. The molecule has 3 aromatic carbocycles. The van der Waals surface area contributed by atoms with Gasteiger partial charge in [-0.1, -0.05) is 30.3 Å². The van der Waals surface area contributed by atoms with Crippen molar-refractivity contribution in [2.75, 3.05) is 33.5 Å². The largest absolute Gasteiger partial charge is 0.490 e. The normalized spacial score (nSPS) is 19.5. The monoisotopic (exact) mass is 478 g/mol. The van der Waals surface area contributed by atoms with Crippen LogP contribution < -0.4 is 14.2 Å². The van der Waals surface area contributed by atoms with E-state index in [1.807, 2.05) is 78.9 Å². The summed E-state index contributed by atoms with van der Waals surface area (Å²) in [5.41, 5.74) is 1.14. The van der Waals surface area contributed by atoms with Crippen LogP contribution in [0.15, 0.2) is 78.9 Å². The van der Waals surface area contributed by atoms with Crippen LogP contribution in [0.5, 0.6) is 23.0 Å². The number of hydrogen-bond donors (Lipinski definition) is 0. The van der Waals surface area contributed by atoms with Crippen molar-refractivity contribution in [2.45, 2.75) is 19.1 Å². The average molecular weight is 479 g/mol. The van der Waals surface area contributed by atoms with E-state index >= 15 is 0 Å². The van der Waals surface area contributed by atoms with E-state index in [1.54, 1.807) is 6.92 Å². The number of para-hydroxylation sites is 1. The van der Waals surface area contributed by atoms with Gasteiger partial charge in [0.05, 0.1) is 20.3 Å². The smallest absolute Gasteiger partial charge is 0.366 e. The lowest BCUT2D eigenvalue weighted by Gasteiger charge is -2.35. The molecule has 1 aliphatic heterocycles. The fourth-order valence-electron chi connectivity index (χ4n) is 3.67. The Balaban J connectivity index is 1.15. The van der Waals surface area contributed by atoms with E-state index in [0.717, 1.165) is 35.0 Å². The number of hydrogen-bond acceptors (Lipinski definition) is 7. The molecule has 0 unspecified atom stereocenters. The Morgan fingerprint density at radius 2 is 1.31 bits per heavy atom. The van der Waals surface area contributed by atoms with Gasteiger partial charge in [-0.25, -0.2) is 4.79 Å². The maximum atomic E-state index is 11.8. The summed E-state index contributed by atoms with van der Waals surface area (Å²) in [6.45, 7) is 3.30. The maximum absolute atomic E-state index is 11.8. The van der Waals surface area contributed by atoms with E-state index in [1.165, 1.54) is 7.11 Å². The van der Waals surface area contributed by atoms with Crippen molar-refractivity contribution < 1.29 is 33.2 Å². The van der Waals surface area contributed by atoms with E-state index in [0.29, 0.717) is 26.4 Å². The van der Waals surface area contributed by atoms with Gasteiger partial charge in [-0.15, -0.1) is 0 Å². The molecule has 0 spiro atoms. The van der Waals surface area contributed by atoms with Crippen molar-refractivity contribution in [3.63, 3.8) is 0 Å². The number of carbonyl (C=O) groups is 1. The lowest BCUT2D eigenvalue weighted by Crippen LogP contribution is -2.48. The van der Waals surface area contributed by atoms with Gasteiger partial charge >= 0.3 is 5.97 Å². The topological polar surface area (TPSA) is 72.5 Å². The van der Waals surface area contributed by atoms with Crippen LogP contribution in [-0.4, -0.2) is 45.3 Å². The van der Waals surface area contributed by atoms with Gasteiger partial charge in [0, 0.05) is 12.8 Å². The molecule has 35 heavy (non-hydrogen) atoms. The lowest BCUT2D eigenvalue weighted by atomic mass is 9.99. The Kier molecular flexibility index (Phi) is 8.23. The number of rotatable bonds is 10. The lowest BCUT2D eigenvalue weighted by molar-refractivity contribution is -0.272. The van der Waals surface area contributed by atoms with Crippen molar-refractivity contribution in [3.8, 4) is 23.0 Å². The predicted molar refractivity (Wildman–Crippen MR) is 130 cm³/mol. The Hall–Kier alpha value is -3.55. The molecule has 7 heteroatoms. The molecular formula is C28H30O7. The molecule has 0 saturated carbocycles. The van der Waals surface area contributed by atoms with Crippen LogP contribution in [0.4, 0.5) is 0 Å². The average Bonchev–Trinajstić information content (AvgIpc) is 2.90. The molecule has 0 aromatic heterocycles. The van der Waals surface area contributed by atoms with Gasteiger partial charge in [0.1, 0.15) is 36.2 Å². The fraction of sp³-hybridized carbons (Fsp3) is 0.321. The Labute approximate surface area is 205 Å². The fourth-order valence-corrected chi connectivity index (χ4v) is 3.67. The predicted octanol–water partition coefficient (Wildman–Crippen LogP) is 5.03. The van der Waals surface area contributed by atoms with Gasteiger partial charge in [0.15, 0.2) is 0 Å². The minimum absolute atomic E-state index is 0.164. The third kappa shape index (κ3) is 6.97. The zero-order chi connectivity index (χ0) is 24.5. The molecule has 3 aromatic rings. The highest BCUT2D eigenvalue weighted by Crippen LogP contribution is 2.26. The Morgan fingerprint density at radius 1 is 0.800 bits per heavy atom. The molecule has 7 nitrogen and oxygen atoms in total. The number of esters is 1. The van der Waals surface area contributed by atoms with Crippen molar-refractivity contribution in [3.05, 3.63) is 84.4 Å². The zero-order valence-corrected chi connectivity index (χ0v) is 20.0. The number of methoxy groups -OCH3 is 1. The van der Waals surface area contributed by atoms with E-state index in [9.17, 15) is 4.79 Å². The summed E-state index contributed by atoms with van der Waals surface area (Å²) >= 11 is 0. The summed E-state index contributed by atoms with van der Waals surface area (Å²) in [7, 11) is 1.32. The second-order valence-electron chi connectivity index (χ2n) is 8.36. The van der Waals surface area contributed by atoms with Gasteiger partial charge in [-0.3, -0.25) is 0 Å². The van der Waals surface area contributed by atoms with Crippen molar-refractivity contribution in [1.82, 2.24) is 0 Å². The molecule has 0 amide bonds. The number of carbonyl (C=O) groups excluding carboxylic acids is 1. The first-order valence-corrected chi connectivity index (χ1v) is 11.6. The number of benzene rings is 3. The van der Waals surface area contributed by atoms with Crippen molar-refractivity contribution in [2.24, 2.45) is 5.92 Å². The van der Waals surface area contributed by atoms with Crippen LogP contribution in [0.2, 0.25) is 0 Å². The van der Waals surface area contributed by atoms with Crippen LogP contribution in [-0.2, 0) is 25.4 Å². The summed E-state index contributed by atoms with van der Waals surface area (Å²) in [4.78, 5) is 11.8. The highest BCUT2D eigenvalue weighted by Gasteiger charge is 2.41. The molecule has 1 saturated heterocycles. The van der Waals surface area contributed by atoms with Gasteiger partial charge < -0.3 is 28.4 Å². The third-order valence-electron chi connectivity index (χ3n) is 5.62. The Morgan fingerprint density at radius 3 is 1.89 bits per heavy atom. The van der Waals surface area contributed by atoms with Gasteiger partial charge in [-0.05, 0) is 60.5 Å². The zero-order valence-electron chi connectivity index (χ0n) is 20.0. The van der Waals surface area contributed by atoms with Gasteiger partial charge in [0.25, 0.3) is 5.79 Å². The van der Waals surface area contributed by atoms with Gasteiger partial charge in [0.2, 0.25) is 0 Å². The van der Waals surface area contributed by atoms with E-state index in [4.69, 9.17) is 28.4 Å². The first-order valence-electron chi connectivity index (χ1n) is 11.6. The highest BCUT2D eigenvalue weighted by molar-refractivity contribution is 5.77. The quantitative estimate of drug-likeness (QED) is 0.299. The van der Waals surface area contributed by atoms with E-state index in [2.05, 4.69) is 0 Å².